The number of aromatic nitrogens is 1. The maximum Gasteiger partial charge on any atom is 0.265 e. The molecule has 7 heteroatoms. The van der Waals surface area contributed by atoms with Crippen molar-refractivity contribution in [2.45, 2.75) is 18.7 Å². The molecule has 1 aromatic heterocycles. The molecule has 1 heterocycles. The monoisotopic (exact) mass is 355 g/mol. The van der Waals surface area contributed by atoms with Crippen molar-refractivity contribution < 1.29 is 8.42 Å². The fraction of sp³-hybridized carbons (Fsp3) is 0.154. The molecule has 0 bridgehead atoms. The summed E-state index contributed by atoms with van der Waals surface area (Å²) in [5, 5.41) is 0. The molecule has 0 saturated heterocycles. The number of anilines is 2. The zero-order chi connectivity index (χ0) is 14.9. The molecule has 0 spiro atoms. The normalized spacial score (nSPS) is 11.3. The van der Waals surface area contributed by atoms with Crippen molar-refractivity contribution in [1.82, 2.24) is 4.98 Å². The van der Waals surface area contributed by atoms with E-state index in [4.69, 9.17) is 5.73 Å². The number of halogens is 1. The average molecular weight is 356 g/mol. The van der Waals surface area contributed by atoms with Gasteiger partial charge in [-0.2, -0.15) is 0 Å². The van der Waals surface area contributed by atoms with Gasteiger partial charge >= 0.3 is 0 Å². The van der Waals surface area contributed by atoms with E-state index in [0.29, 0.717) is 5.56 Å². The number of nitrogens with zero attached hydrogens (tertiary/aromatic N) is 1. The van der Waals surface area contributed by atoms with Gasteiger partial charge in [0, 0.05) is 10.7 Å². The van der Waals surface area contributed by atoms with Gasteiger partial charge in [0.1, 0.15) is 10.7 Å². The minimum absolute atomic E-state index is 0.0855. The highest BCUT2D eigenvalue weighted by Crippen LogP contribution is 2.25. The number of nitrogens with one attached hydrogen (secondary N) is 1. The Morgan fingerprint density at radius 3 is 2.55 bits per heavy atom. The average Bonchev–Trinajstić information content (AvgIpc) is 2.33. The van der Waals surface area contributed by atoms with Crippen LogP contribution in [0.15, 0.2) is 39.8 Å². The third kappa shape index (κ3) is 2.94. The lowest BCUT2D eigenvalue weighted by atomic mass is 10.2. The molecule has 1 aromatic carbocycles. The molecule has 0 unspecified atom stereocenters. The van der Waals surface area contributed by atoms with Crippen LogP contribution in [0.1, 0.15) is 11.1 Å². The SMILES string of the molecule is Cc1cc(NS(=O)(=O)c2c(C)cccc2N)ncc1Br. The lowest BCUT2D eigenvalue weighted by Crippen LogP contribution is -2.17. The molecule has 0 aliphatic heterocycles. The Balaban J connectivity index is 2.43. The van der Waals surface area contributed by atoms with Crippen molar-refractivity contribution in [2.24, 2.45) is 0 Å². The van der Waals surface area contributed by atoms with E-state index in [9.17, 15) is 8.42 Å². The minimum Gasteiger partial charge on any atom is -0.398 e. The highest BCUT2D eigenvalue weighted by atomic mass is 79.9. The predicted octanol–water partition coefficient (Wildman–Crippen LogP) is 2.84. The van der Waals surface area contributed by atoms with Crippen molar-refractivity contribution in [1.29, 1.82) is 0 Å². The molecular weight excluding hydrogens is 342 g/mol. The summed E-state index contributed by atoms with van der Waals surface area (Å²) in [6, 6.07) is 6.62. The summed E-state index contributed by atoms with van der Waals surface area (Å²) in [5.41, 5.74) is 7.46. The van der Waals surface area contributed by atoms with Crippen LogP contribution in [-0.2, 0) is 10.0 Å². The molecule has 2 rings (SSSR count). The molecular formula is C13H14BrN3O2S. The molecule has 3 N–H and O–H groups in total. The number of nitrogen functional groups attached to an aromatic ring is 1. The van der Waals surface area contributed by atoms with Crippen LogP contribution in [-0.4, -0.2) is 13.4 Å². The van der Waals surface area contributed by atoms with Gasteiger partial charge in [-0.3, -0.25) is 4.72 Å². The molecule has 2 aromatic rings. The number of rotatable bonds is 3. The fourth-order valence-corrected chi connectivity index (χ4v) is 3.40. The van der Waals surface area contributed by atoms with Gasteiger partial charge in [-0.15, -0.1) is 0 Å². The zero-order valence-corrected chi connectivity index (χ0v) is 13.4. The quantitative estimate of drug-likeness (QED) is 0.829. The molecule has 5 nitrogen and oxygen atoms in total. The molecule has 0 saturated carbocycles. The smallest absolute Gasteiger partial charge is 0.265 e. The van der Waals surface area contributed by atoms with Crippen molar-refractivity contribution in [2.75, 3.05) is 10.5 Å². The highest BCUT2D eigenvalue weighted by Gasteiger charge is 2.20. The zero-order valence-electron chi connectivity index (χ0n) is 11.0. The molecule has 0 aliphatic rings. The number of benzene rings is 1. The van der Waals surface area contributed by atoms with Gasteiger partial charge in [0.2, 0.25) is 0 Å². The molecule has 0 amide bonds. The van der Waals surface area contributed by atoms with Gasteiger partial charge in [-0.05, 0) is 53.0 Å². The van der Waals surface area contributed by atoms with Crippen molar-refractivity contribution in [3.8, 4) is 0 Å². The van der Waals surface area contributed by atoms with E-state index in [0.717, 1.165) is 10.0 Å². The Morgan fingerprint density at radius 1 is 1.25 bits per heavy atom. The second-order valence-electron chi connectivity index (χ2n) is 4.42. The van der Waals surface area contributed by atoms with Crippen molar-refractivity contribution >= 4 is 37.5 Å². The second-order valence-corrected chi connectivity index (χ2v) is 6.89. The molecule has 0 radical (unpaired) electrons. The third-order valence-corrected chi connectivity index (χ3v) is 5.20. The first-order chi connectivity index (χ1) is 9.31. The van der Waals surface area contributed by atoms with E-state index in [1.165, 1.54) is 0 Å². The van der Waals surface area contributed by atoms with Gasteiger partial charge in [-0.1, -0.05) is 12.1 Å². The molecule has 20 heavy (non-hydrogen) atoms. The number of hydrogen-bond acceptors (Lipinski definition) is 4. The van der Waals surface area contributed by atoms with E-state index in [2.05, 4.69) is 25.6 Å². The van der Waals surface area contributed by atoms with Crippen LogP contribution < -0.4 is 10.5 Å². The van der Waals surface area contributed by atoms with Crippen LogP contribution in [0.2, 0.25) is 0 Å². The van der Waals surface area contributed by atoms with Gasteiger partial charge in [0.25, 0.3) is 10.0 Å². The number of hydrogen-bond donors (Lipinski definition) is 2. The van der Waals surface area contributed by atoms with E-state index < -0.39 is 10.0 Å². The van der Waals surface area contributed by atoms with E-state index in [1.54, 1.807) is 37.4 Å². The van der Waals surface area contributed by atoms with Gasteiger partial charge in [0.05, 0.1) is 5.69 Å². The van der Waals surface area contributed by atoms with Crippen LogP contribution in [0.3, 0.4) is 0 Å². The Labute approximate surface area is 126 Å². The predicted molar refractivity (Wildman–Crippen MR) is 83.1 cm³/mol. The summed E-state index contributed by atoms with van der Waals surface area (Å²) < 4.78 is 28.1. The molecule has 0 fully saturated rings. The van der Waals surface area contributed by atoms with Gasteiger partial charge in [0.15, 0.2) is 0 Å². The standard InChI is InChI=1S/C13H14BrN3O2S/c1-8-4-3-5-11(15)13(8)20(18,19)17-12-6-9(2)10(14)7-16-12/h3-7H,15H2,1-2H3,(H,16,17). The van der Waals surface area contributed by atoms with Crippen LogP contribution in [0.5, 0.6) is 0 Å². The maximum absolute atomic E-state index is 12.4. The van der Waals surface area contributed by atoms with Gasteiger partial charge < -0.3 is 5.73 Å². The van der Waals surface area contributed by atoms with Gasteiger partial charge in [-0.25, -0.2) is 13.4 Å². The largest absolute Gasteiger partial charge is 0.398 e. The maximum atomic E-state index is 12.4. The van der Waals surface area contributed by atoms with Crippen molar-refractivity contribution in [3.05, 3.63) is 46.1 Å². The van der Waals surface area contributed by atoms with E-state index in [-0.39, 0.29) is 16.4 Å². The first-order valence-corrected chi connectivity index (χ1v) is 8.09. The lowest BCUT2D eigenvalue weighted by molar-refractivity contribution is 0.601. The lowest BCUT2D eigenvalue weighted by Gasteiger charge is -2.12. The number of pyridine rings is 1. The number of nitrogens with two attached hydrogens (primary N) is 1. The summed E-state index contributed by atoms with van der Waals surface area (Å²) in [4.78, 5) is 4.12. The molecule has 0 atom stereocenters. The Kier molecular flexibility index (Phi) is 4.01. The third-order valence-electron chi connectivity index (χ3n) is 2.80. The highest BCUT2D eigenvalue weighted by molar-refractivity contribution is 9.10. The summed E-state index contributed by atoms with van der Waals surface area (Å²) in [6.07, 6.45) is 1.55. The molecule has 106 valence electrons. The van der Waals surface area contributed by atoms with Crippen LogP contribution >= 0.6 is 15.9 Å². The second kappa shape index (κ2) is 5.41. The first kappa shape index (κ1) is 14.8. The number of sulfonamides is 1. The number of aryl methyl sites for hydroxylation is 2. The van der Waals surface area contributed by atoms with Crippen LogP contribution in [0.4, 0.5) is 11.5 Å². The summed E-state index contributed by atoms with van der Waals surface area (Å²) in [6.45, 7) is 3.55. The first-order valence-electron chi connectivity index (χ1n) is 5.81. The minimum atomic E-state index is -3.76. The van der Waals surface area contributed by atoms with Crippen molar-refractivity contribution in [3.63, 3.8) is 0 Å². The Hall–Kier alpha value is -1.60. The Bertz CT molecular complexity index is 740. The van der Waals surface area contributed by atoms with Crippen LogP contribution in [0, 0.1) is 13.8 Å². The summed E-state index contributed by atoms with van der Waals surface area (Å²) >= 11 is 3.32. The summed E-state index contributed by atoms with van der Waals surface area (Å²) in [5.74, 6) is 0.258. The Morgan fingerprint density at radius 2 is 1.95 bits per heavy atom. The van der Waals surface area contributed by atoms with Crippen LogP contribution in [0.25, 0.3) is 0 Å². The topological polar surface area (TPSA) is 85.1 Å². The van der Waals surface area contributed by atoms with E-state index in [1.807, 2.05) is 6.92 Å². The molecule has 0 aliphatic carbocycles. The fourth-order valence-electron chi connectivity index (χ4n) is 1.83. The summed E-state index contributed by atoms with van der Waals surface area (Å²) in [7, 11) is -3.76. The van der Waals surface area contributed by atoms with E-state index >= 15 is 0 Å².